The smallest absolute Gasteiger partial charge is 0.319 e. The summed E-state index contributed by atoms with van der Waals surface area (Å²) >= 11 is 0. The lowest BCUT2D eigenvalue weighted by atomic mass is 9.68. The number of ether oxygens (including phenoxy) is 1. The van der Waals surface area contributed by atoms with Crippen molar-refractivity contribution < 1.29 is 14.3 Å². The molecule has 0 N–H and O–H groups in total. The molecule has 0 aromatic rings. The summed E-state index contributed by atoms with van der Waals surface area (Å²) in [6.45, 7) is 7.76. The summed E-state index contributed by atoms with van der Waals surface area (Å²) in [5.41, 5.74) is -0.940. The minimum Gasteiger partial charge on any atom is -0.465 e. The molecule has 0 amide bonds. The quantitative estimate of drug-likeness (QED) is 0.418. The van der Waals surface area contributed by atoms with E-state index in [4.69, 9.17) is 4.74 Å². The van der Waals surface area contributed by atoms with Gasteiger partial charge in [-0.15, -0.1) is 6.58 Å². The lowest BCUT2D eigenvalue weighted by Gasteiger charge is -2.34. The predicted molar refractivity (Wildman–Crippen MR) is 61.9 cm³/mol. The van der Waals surface area contributed by atoms with Crippen LogP contribution in [-0.2, 0) is 14.3 Å². The second kappa shape index (κ2) is 5.28. The number of hydrogen-bond donors (Lipinski definition) is 0. The molecular weight excluding hydrogens is 204 g/mol. The van der Waals surface area contributed by atoms with E-state index in [9.17, 15) is 9.59 Å². The zero-order valence-corrected chi connectivity index (χ0v) is 10.1. The first-order valence-corrected chi connectivity index (χ1v) is 5.88. The fourth-order valence-electron chi connectivity index (χ4n) is 2.28. The second-order valence-corrected chi connectivity index (χ2v) is 4.57. The summed E-state index contributed by atoms with van der Waals surface area (Å²) in [6.07, 6.45) is 4.02. The van der Waals surface area contributed by atoms with Gasteiger partial charge in [0, 0.05) is 6.42 Å². The molecule has 0 aromatic heterocycles. The average molecular weight is 224 g/mol. The second-order valence-electron chi connectivity index (χ2n) is 4.57. The molecule has 3 nitrogen and oxygen atoms in total. The number of rotatable bonds is 4. The van der Waals surface area contributed by atoms with Gasteiger partial charge in [0.1, 0.15) is 5.41 Å². The van der Waals surface area contributed by atoms with Gasteiger partial charge in [-0.05, 0) is 32.1 Å². The summed E-state index contributed by atoms with van der Waals surface area (Å²) < 4.78 is 5.04. The minimum atomic E-state index is -0.940. The fourth-order valence-corrected chi connectivity index (χ4v) is 2.28. The van der Waals surface area contributed by atoms with Crippen LogP contribution in [0.4, 0.5) is 0 Å². The molecule has 1 saturated carbocycles. The van der Waals surface area contributed by atoms with Gasteiger partial charge in [0.25, 0.3) is 0 Å². The number of esters is 1. The van der Waals surface area contributed by atoms with Gasteiger partial charge in [-0.3, -0.25) is 9.59 Å². The Kier molecular flexibility index (Phi) is 4.27. The zero-order chi connectivity index (χ0) is 12.2. The summed E-state index contributed by atoms with van der Waals surface area (Å²) in [6, 6.07) is 0. The Labute approximate surface area is 96.9 Å². The largest absolute Gasteiger partial charge is 0.465 e. The van der Waals surface area contributed by atoms with Crippen LogP contribution in [-0.4, -0.2) is 18.4 Å². The van der Waals surface area contributed by atoms with E-state index in [1.165, 1.54) is 0 Å². The Morgan fingerprint density at radius 2 is 2.38 bits per heavy atom. The number of carbonyl (C=O) groups excluding carboxylic acids is 2. The molecule has 90 valence electrons. The summed E-state index contributed by atoms with van der Waals surface area (Å²) in [7, 11) is 0. The maximum Gasteiger partial charge on any atom is 0.319 e. The molecule has 0 radical (unpaired) electrons. The van der Waals surface area contributed by atoms with Gasteiger partial charge in [0.15, 0.2) is 5.78 Å². The molecule has 3 heteroatoms. The molecule has 0 heterocycles. The molecule has 1 rings (SSSR count). The number of Topliss-reactive ketones (excluding diaryl/α,β-unsaturated/α-hetero) is 1. The normalized spacial score (nSPS) is 29.9. The van der Waals surface area contributed by atoms with Crippen molar-refractivity contribution in [3.8, 4) is 0 Å². The Morgan fingerprint density at radius 1 is 1.69 bits per heavy atom. The van der Waals surface area contributed by atoms with E-state index in [2.05, 4.69) is 6.58 Å². The number of hydrogen-bond acceptors (Lipinski definition) is 3. The molecular formula is C13H20O3. The van der Waals surface area contributed by atoms with Crippen molar-refractivity contribution >= 4 is 11.8 Å². The van der Waals surface area contributed by atoms with E-state index in [1.54, 1.807) is 13.0 Å². The van der Waals surface area contributed by atoms with Crippen molar-refractivity contribution in [2.45, 2.75) is 39.5 Å². The number of carbonyl (C=O) groups is 2. The highest BCUT2D eigenvalue weighted by Gasteiger charge is 2.48. The van der Waals surface area contributed by atoms with Crippen LogP contribution in [0.15, 0.2) is 12.7 Å². The Balaban J connectivity index is 2.91. The SMILES string of the molecule is C=CC[C@@]1(C(=O)OCC)CC[C@H](C)CC1=O. The molecule has 0 aromatic carbocycles. The summed E-state index contributed by atoms with van der Waals surface area (Å²) in [5.74, 6) is 0.0243. The van der Waals surface area contributed by atoms with E-state index in [1.807, 2.05) is 6.92 Å². The first-order valence-electron chi connectivity index (χ1n) is 5.88. The number of ketones is 1. The van der Waals surface area contributed by atoms with Gasteiger partial charge in [-0.2, -0.15) is 0 Å². The van der Waals surface area contributed by atoms with Gasteiger partial charge in [-0.1, -0.05) is 13.0 Å². The Hall–Kier alpha value is -1.12. The van der Waals surface area contributed by atoms with E-state index < -0.39 is 5.41 Å². The maximum absolute atomic E-state index is 12.1. The topological polar surface area (TPSA) is 43.4 Å². The summed E-state index contributed by atoms with van der Waals surface area (Å²) in [5, 5.41) is 0. The van der Waals surface area contributed by atoms with Crippen LogP contribution in [0.1, 0.15) is 39.5 Å². The van der Waals surface area contributed by atoms with Crippen LogP contribution in [0.3, 0.4) is 0 Å². The van der Waals surface area contributed by atoms with Crippen LogP contribution in [0.5, 0.6) is 0 Å². The van der Waals surface area contributed by atoms with E-state index >= 15 is 0 Å². The highest BCUT2D eigenvalue weighted by Crippen LogP contribution is 2.40. The molecule has 0 spiro atoms. The minimum absolute atomic E-state index is 0.0181. The van der Waals surface area contributed by atoms with Crippen LogP contribution >= 0.6 is 0 Å². The van der Waals surface area contributed by atoms with Crippen molar-refractivity contribution in [2.75, 3.05) is 6.61 Å². The molecule has 2 atom stereocenters. The molecule has 0 bridgehead atoms. The molecule has 1 fully saturated rings. The van der Waals surface area contributed by atoms with E-state index in [0.717, 1.165) is 6.42 Å². The van der Waals surface area contributed by atoms with Crippen LogP contribution < -0.4 is 0 Å². The average Bonchev–Trinajstić information content (AvgIpc) is 2.23. The highest BCUT2D eigenvalue weighted by molar-refractivity contribution is 6.04. The van der Waals surface area contributed by atoms with Crippen LogP contribution in [0, 0.1) is 11.3 Å². The van der Waals surface area contributed by atoms with Crippen molar-refractivity contribution in [1.82, 2.24) is 0 Å². The molecule has 0 unspecified atom stereocenters. The van der Waals surface area contributed by atoms with Crippen LogP contribution in [0.25, 0.3) is 0 Å². The van der Waals surface area contributed by atoms with Gasteiger partial charge in [0.2, 0.25) is 0 Å². The monoisotopic (exact) mass is 224 g/mol. The molecule has 0 aliphatic heterocycles. The van der Waals surface area contributed by atoms with Gasteiger partial charge in [0.05, 0.1) is 6.61 Å². The highest BCUT2D eigenvalue weighted by atomic mass is 16.5. The van der Waals surface area contributed by atoms with Crippen LogP contribution in [0.2, 0.25) is 0 Å². The third kappa shape index (κ3) is 2.34. The molecule has 16 heavy (non-hydrogen) atoms. The molecule has 1 aliphatic carbocycles. The first kappa shape index (κ1) is 12.9. The van der Waals surface area contributed by atoms with Gasteiger partial charge >= 0.3 is 5.97 Å². The predicted octanol–water partition coefficient (Wildman–Crippen LogP) is 2.50. The van der Waals surface area contributed by atoms with Gasteiger partial charge in [-0.25, -0.2) is 0 Å². The Bertz CT molecular complexity index is 286. The molecule has 1 aliphatic rings. The fraction of sp³-hybridized carbons (Fsp3) is 0.692. The maximum atomic E-state index is 12.1. The third-order valence-electron chi connectivity index (χ3n) is 3.29. The van der Waals surface area contributed by atoms with Crippen molar-refractivity contribution in [1.29, 1.82) is 0 Å². The zero-order valence-electron chi connectivity index (χ0n) is 10.1. The first-order chi connectivity index (χ1) is 7.56. The number of allylic oxidation sites excluding steroid dienone is 1. The Morgan fingerprint density at radius 3 is 2.88 bits per heavy atom. The standard InChI is InChI=1S/C13H20O3/c1-4-7-13(12(15)16-5-2)8-6-10(3)9-11(13)14/h4,10H,1,5-9H2,2-3H3/t10-,13+/m0/s1. The molecule has 0 saturated heterocycles. The van der Waals surface area contributed by atoms with E-state index in [-0.39, 0.29) is 11.8 Å². The van der Waals surface area contributed by atoms with Crippen molar-refractivity contribution in [3.63, 3.8) is 0 Å². The van der Waals surface area contributed by atoms with E-state index in [0.29, 0.717) is 31.8 Å². The lowest BCUT2D eigenvalue weighted by molar-refractivity contribution is -0.162. The third-order valence-corrected chi connectivity index (χ3v) is 3.29. The van der Waals surface area contributed by atoms with Crippen molar-refractivity contribution in [2.24, 2.45) is 11.3 Å². The lowest BCUT2D eigenvalue weighted by Crippen LogP contribution is -2.44. The van der Waals surface area contributed by atoms with Crippen molar-refractivity contribution in [3.05, 3.63) is 12.7 Å². The summed E-state index contributed by atoms with van der Waals surface area (Å²) in [4.78, 5) is 24.0. The van der Waals surface area contributed by atoms with Gasteiger partial charge < -0.3 is 4.74 Å².